The molecule has 2 N–H and O–H groups in total. The van der Waals surface area contributed by atoms with Crippen LogP contribution in [0.1, 0.15) is 30.1 Å². The van der Waals surface area contributed by atoms with E-state index in [-0.39, 0.29) is 0 Å². The summed E-state index contributed by atoms with van der Waals surface area (Å²) in [6.45, 7) is 0. The van der Waals surface area contributed by atoms with Crippen LogP contribution in [0.3, 0.4) is 0 Å². The first kappa shape index (κ1) is 7.92. The van der Waals surface area contributed by atoms with Gasteiger partial charge in [-0.05, 0) is 43.0 Å². The average molecular weight is 186 g/mol. The van der Waals surface area contributed by atoms with Crippen LogP contribution in [0.4, 0.5) is 0 Å². The zero-order chi connectivity index (χ0) is 9.38. The summed E-state index contributed by atoms with van der Waals surface area (Å²) in [5.41, 5.74) is 2.69. The van der Waals surface area contributed by atoms with Crippen LogP contribution in [-0.2, 0) is 0 Å². The average Bonchev–Trinajstić information content (AvgIpc) is 2.72. The molecule has 0 atom stereocenters. The van der Waals surface area contributed by atoms with Crippen molar-refractivity contribution in [2.45, 2.75) is 18.8 Å². The number of aromatic nitrogens is 2. The van der Waals surface area contributed by atoms with E-state index in [0.717, 1.165) is 5.92 Å². The topological polar surface area (TPSA) is 31.6 Å². The first-order valence-corrected chi connectivity index (χ1v) is 5.22. The lowest BCUT2D eigenvalue weighted by molar-refractivity contribution is 0.671. The summed E-state index contributed by atoms with van der Waals surface area (Å²) in [7, 11) is 0. The van der Waals surface area contributed by atoms with Gasteiger partial charge < -0.3 is 9.97 Å². The van der Waals surface area contributed by atoms with Crippen molar-refractivity contribution in [3.05, 3.63) is 48.0 Å². The molecule has 2 heteroatoms. The molecule has 0 unspecified atom stereocenters. The predicted molar refractivity (Wildman–Crippen MR) is 56.2 cm³/mol. The minimum Gasteiger partial charge on any atom is -0.364 e. The molecule has 2 aromatic heterocycles. The van der Waals surface area contributed by atoms with E-state index in [1.165, 1.54) is 24.2 Å². The molecule has 2 nitrogen and oxygen atoms in total. The van der Waals surface area contributed by atoms with Crippen LogP contribution in [0, 0.1) is 5.92 Å². The third-order valence-electron chi connectivity index (χ3n) is 3.01. The molecule has 1 aliphatic rings. The maximum Gasteiger partial charge on any atom is 0.0419 e. The summed E-state index contributed by atoms with van der Waals surface area (Å²) in [5, 5.41) is 0. The first-order valence-electron chi connectivity index (χ1n) is 5.22. The maximum atomic E-state index is 3.33. The normalized spacial score (nSPS) is 16.4. The number of aromatic amines is 2. The van der Waals surface area contributed by atoms with Crippen LogP contribution >= 0.6 is 0 Å². The van der Waals surface area contributed by atoms with E-state index in [1.807, 2.05) is 12.4 Å². The van der Waals surface area contributed by atoms with Gasteiger partial charge in [-0.25, -0.2) is 0 Å². The molecule has 0 saturated heterocycles. The number of H-pyrrole nitrogens is 2. The molecule has 1 fully saturated rings. The molecule has 2 heterocycles. The summed E-state index contributed by atoms with van der Waals surface area (Å²) in [4.78, 5) is 6.65. The Morgan fingerprint density at radius 2 is 1.57 bits per heavy atom. The monoisotopic (exact) mass is 186 g/mol. The SMILES string of the molecule is c1c[nH]c(C(c2ccc[nH]2)C2CC2)c1. The van der Waals surface area contributed by atoms with E-state index in [2.05, 4.69) is 34.2 Å². The van der Waals surface area contributed by atoms with Crippen molar-refractivity contribution in [2.24, 2.45) is 5.92 Å². The molecule has 1 saturated carbocycles. The minimum absolute atomic E-state index is 0.556. The Kier molecular flexibility index (Phi) is 1.72. The molecule has 0 bridgehead atoms. The molecular formula is C12H14N2. The van der Waals surface area contributed by atoms with E-state index in [0.29, 0.717) is 5.92 Å². The summed E-state index contributed by atoms with van der Waals surface area (Å²) < 4.78 is 0. The lowest BCUT2D eigenvalue weighted by atomic mass is 9.96. The number of rotatable bonds is 3. The van der Waals surface area contributed by atoms with Crippen LogP contribution in [0.5, 0.6) is 0 Å². The Hall–Kier alpha value is -1.44. The molecule has 0 aromatic carbocycles. The van der Waals surface area contributed by atoms with Gasteiger partial charge in [0.1, 0.15) is 0 Å². The molecule has 0 aliphatic heterocycles. The zero-order valence-corrected chi connectivity index (χ0v) is 8.03. The van der Waals surface area contributed by atoms with Gasteiger partial charge in [0.05, 0.1) is 0 Å². The van der Waals surface area contributed by atoms with Crippen molar-refractivity contribution in [3.8, 4) is 0 Å². The van der Waals surface area contributed by atoms with Crippen molar-refractivity contribution >= 4 is 0 Å². The highest BCUT2D eigenvalue weighted by Gasteiger charge is 2.34. The second-order valence-corrected chi connectivity index (χ2v) is 4.07. The van der Waals surface area contributed by atoms with E-state index < -0.39 is 0 Å². The molecule has 72 valence electrons. The molecule has 0 spiro atoms. The summed E-state index contributed by atoms with van der Waals surface area (Å²) in [5.74, 6) is 1.40. The minimum atomic E-state index is 0.556. The van der Waals surface area contributed by atoms with Crippen molar-refractivity contribution in [2.75, 3.05) is 0 Å². The summed E-state index contributed by atoms with van der Waals surface area (Å²) in [6, 6.07) is 8.52. The summed E-state index contributed by atoms with van der Waals surface area (Å²) in [6.07, 6.45) is 6.74. The highest BCUT2D eigenvalue weighted by molar-refractivity contribution is 5.26. The number of hydrogen-bond donors (Lipinski definition) is 2. The fourth-order valence-corrected chi connectivity index (χ4v) is 2.18. The van der Waals surface area contributed by atoms with Crippen molar-refractivity contribution < 1.29 is 0 Å². The van der Waals surface area contributed by atoms with E-state index in [1.54, 1.807) is 0 Å². The largest absolute Gasteiger partial charge is 0.364 e. The molecule has 3 rings (SSSR count). The van der Waals surface area contributed by atoms with Gasteiger partial charge in [0.2, 0.25) is 0 Å². The molecule has 2 aromatic rings. The molecular weight excluding hydrogens is 172 g/mol. The fourth-order valence-electron chi connectivity index (χ4n) is 2.18. The summed E-state index contributed by atoms with van der Waals surface area (Å²) >= 11 is 0. The molecule has 1 aliphatic carbocycles. The van der Waals surface area contributed by atoms with Crippen LogP contribution < -0.4 is 0 Å². The Morgan fingerprint density at radius 1 is 1.00 bits per heavy atom. The number of nitrogens with one attached hydrogen (secondary N) is 2. The Balaban J connectivity index is 1.97. The third-order valence-corrected chi connectivity index (χ3v) is 3.01. The van der Waals surface area contributed by atoms with E-state index in [4.69, 9.17) is 0 Å². The Morgan fingerprint density at radius 3 is 1.93 bits per heavy atom. The first-order chi connectivity index (χ1) is 6.95. The quantitative estimate of drug-likeness (QED) is 0.738. The smallest absolute Gasteiger partial charge is 0.0419 e. The second kappa shape index (κ2) is 3.05. The van der Waals surface area contributed by atoms with Crippen LogP contribution in [-0.4, -0.2) is 9.97 Å². The zero-order valence-electron chi connectivity index (χ0n) is 8.03. The maximum absolute atomic E-state index is 3.33. The highest BCUT2D eigenvalue weighted by atomic mass is 14.8. The van der Waals surface area contributed by atoms with Crippen LogP contribution in [0.15, 0.2) is 36.7 Å². The standard InChI is InChI=1S/C12H14N2/c1-3-10(13-7-1)12(9-5-6-9)11-4-2-8-14-11/h1-4,7-9,12-14H,5-6H2. The second-order valence-electron chi connectivity index (χ2n) is 4.07. The third kappa shape index (κ3) is 1.27. The van der Waals surface area contributed by atoms with E-state index in [9.17, 15) is 0 Å². The van der Waals surface area contributed by atoms with Crippen LogP contribution in [0.25, 0.3) is 0 Å². The van der Waals surface area contributed by atoms with Gasteiger partial charge in [-0.1, -0.05) is 0 Å². The predicted octanol–water partition coefficient (Wildman–Crippen LogP) is 2.88. The van der Waals surface area contributed by atoms with E-state index >= 15 is 0 Å². The van der Waals surface area contributed by atoms with Gasteiger partial charge in [0, 0.05) is 29.7 Å². The van der Waals surface area contributed by atoms with Crippen molar-refractivity contribution in [3.63, 3.8) is 0 Å². The fraction of sp³-hybridized carbons (Fsp3) is 0.333. The van der Waals surface area contributed by atoms with Gasteiger partial charge in [-0.15, -0.1) is 0 Å². The lowest BCUT2D eigenvalue weighted by Gasteiger charge is -2.12. The van der Waals surface area contributed by atoms with Gasteiger partial charge in [-0.2, -0.15) is 0 Å². The van der Waals surface area contributed by atoms with Gasteiger partial charge in [-0.3, -0.25) is 0 Å². The molecule has 0 radical (unpaired) electrons. The number of hydrogen-bond acceptors (Lipinski definition) is 0. The van der Waals surface area contributed by atoms with Gasteiger partial charge in [0.15, 0.2) is 0 Å². The van der Waals surface area contributed by atoms with Gasteiger partial charge >= 0.3 is 0 Å². The lowest BCUT2D eigenvalue weighted by Crippen LogP contribution is -2.03. The Labute approximate surface area is 83.4 Å². The molecule has 14 heavy (non-hydrogen) atoms. The highest BCUT2D eigenvalue weighted by Crippen LogP contribution is 2.45. The Bertz CT molecular complexity index is 348. The van der Waals surface area contributed by atoms with Crippen molar-refractivity contribution in [1.29, 1.82) is 0 Å². The van der Waals surface area contributed by atoms with Crippen molar-refractivity contribution in [1.82, 2.24) is 9.97 Å². The van der Waals surface area contributed by atoms with Gasteiger partial charge in [0.25, 0.3) is 0 Å². The van der Waals surface area contributed by atoms with Crippen LogP contribution in [0.2, 0.25) is 0 Å². The molecule has 0 amide bonds.